The minimum absolute atomic E-state index is 0.0994. The Bertz CT molecular complexity index is 1590. The molecule has 2 N–H and O–H groups in total. The van der Waals surface area contributed by atoms with Gasteiger partial charge in [0.1, 0.15) is 11.5 Å². The highest BCUT2D eigenvalue weighted by Gasteiger charge is 2.44. The number of rotatable bonds is 7. The van der Waals surface area contributed by atoms with Crippen molar-refractivity contribution in [3.8, 4) is 17.1 Å². The van der Waals surface area contributed by atoms with Gasteiger partial charge in [-0.25, -0.2) is 27.8 Å². The Morgan fingerprint density at radius 3 is 2.60 bits per heavy atom. The highest BCUT2D eigenvalue weighted by atomic mass is 32.2. The third-order valence-corrected chi connectivity index (χ3v) is 9.25. The van der Waals surface area contributed by atoms with Crippen molar-refractivity contribution in [1.82, 2.24) is 19.9 Å². The van der Waals surface area contributed by atoms with Crippen LogP contribution in [-0.2, 0) is 21.2 Å². The second kappa shape index (κ2) is 11.2. The minimum Gasteiger partial charge on any atom is -0.480 e. The summed E-state index contributed by atoms with van der Waals surface area (Å²) in [7, 11) is -2.24. The molecule has 0 radical (unpaired) electrons. The van der Waals surface area contributed by atoms with Crippen molar-refractivity contribution in [2.75, 3.05) is 62.4 Å². The maximum atomic E-state index is 15.4. The van der Waals surface area contributed by atoms with E-state index in [1.54, 1.807) is 6.07 Å². The van der Waals surface area contributed by atoms with Gasteiger partial charge in [0.25, 0.3) is 0 Å². The zero-order valence-corrected chi connectivity index (χ0v) is 25.0. The number of morpholine rings is 1. The van der Waals surface area contributed by atoms with Crippen LogP contribution in [0.2, 0.25) is 0 Å². The first-order valence-electron chi connectivity index (χ1n) is 14.3. The van der Waals surface area contributed by atoms with Crippen LogP contribution in [0.1, 0.15) is 31.7 Å². The van der Waals surface area contributed by atoms with Crippen molar-refractivity contribution in [3.05, 3.63) is 35.8 Å². The first-order valence-corrected chi connectivity index (χ1v) is 16.2. The van der Waals surface area contributed by atoms with Gasteiger partial charge in [0.2, 0.25) is 21.9 Å². The van der Waals surface area contributed by atoms with Crippen molar-refractivity contribution >= 4 is 32.6 Å². The lowest BCUT2D eigenvalue weighted by Crippen LogP contribution is -2.50. The van der Waals surface area contributed by atoms with E-state index in [0.29, 0.717) is 78.7 Å². The molecule has 7 rings (SSSR count). The second-order valence-electron chi connectivity index (χ2n) is 11.8. The van der Waals surface area contributed by atoms with E-state index in [-0.39, 0.29) is 17.6 Å². The second-order valence-corrected chi connectivity index (χ2v) is 13.6. The molecule has 2 atom stereocenters. The van der Waals surface area contributed by atoms with Crippen LogP contribution >= 0.6 is 0 Å². The molecule has 42 heavy (non-hydrogen) atoms. The summed E-state index contributed by atoms with van der Waals surface area (Å²) in [6.45, 7) is 5.96. The number of sulfonamides is 1. The number of hydrogen-bond donors (Lipinski definition) is 2. The van der Waals surface area contributed by atoms with E-state index in [4.69, 9.17) is 19.4 Å². The molecular formula is C29H37FN6O5S. The number of fused-ring (bicyclic) bond motifs is 5. The summed E-state index contributed by atoms with van der Waals surface area (Å²) in [6, 6.07) is 4.32. The number of piperidine rings is 1. The number of nitrogens with one attached hydrogen (secondary N) is 1. The zero-order valence-electron chi connectivity index (χ0n) is 24.1. The minimum atomic E-state index is -3.64. The number of nitrogens with zero attached hydrogens (tertiary/aromatic N) is 5. The Morgan fingerprint density at radius 2 is 1.90 bits per heavy atom. The number of pyridine rings is 1. The number of benzene rings is 1. The monoisotopic (exact) mass is 600 g/mol. The van der Waals surface area contributed by atoms with Crippen LogP contribution < -0.4 is 14.4 Å². The molecular weight excluding hydrogens is 563 g/mol. The van der Waals surface area contributed by atoms with Gasteiger partial charge in [0.05, 0.1) is 43.4 Å². The number of anilines is 2. The first-order chi connectivity index (χ1) is 20.0. The van der Waals surface area contributed by atoms with Crippen molar-refractivity contribution in [2.24, 2.45) is 5.92 Å². The molecule has 4 aliphatic rings. The summed E-state index contributed by atoms with van der Waals surface area (Å²) >= 11 is 0. The van der Waals surface area contributed by atoms with E-state index < -0.39 is 21.4 Å². The summed E-state index contributed by atoms with van der Waals surface area (Å²) in [6.07, 6.45) is 5.82. The topological polar surface area (TPSA) is 130 Å². The highest BCUT2D eigenvalue weighted by molar-refractivity contribution is 7.92. The zero-order chi connectivity index (χ0) is 29.6. The molecule has 1 aromatic carbocycles. The lowest BCUT2D eigenvalue weighted by molar-refractivity contribution is -0.0218. The number of aromatic nitrogens is 3. The van der Waals surface area contributed by atoms with Crippen molar-refractivity contribution in [1.29, 1.82) is 0 Å². The van der Waals surface area contributed by atoms with Gasteiger partial charge < -0.3 is 19.5 Å². The number of ether oxygens (including phenoxy) is 2. The van der Waals surface area contributed by atoms with E-state index in [1.807, 2.05) is 11.8 Å². The Morgan fingerprint density at radius 1 is 1.17 bits per heavy atom. The average Bonchev–Trinajstić information content (AvgIpc) is 3.14. The Hall–Kier alpha value is -3.13. The summed E-state index contributed by atoms with van der Waals surface area (Å²) < 4.78 is 52.8. The third-order valence-electron chi connectivity index (χ3n) is 8.66. The number of aliphatic hydroxyl groups is 1. The lowest BCUT2D eigenvalue weighted by atomic mass is 9.84. The van der Waals surface area contributed by atoms with Crippen LogP contribution in [-0.4, -0.2) is 97.8 Å². The molecule has 0 amide bonds. The largest absolute Gasteiger partial charge is 0.480 e. The molecule has 0 saturated carbocycles. The van der Waals surface area contributed by atoms with E-state index in [2.05, 4.69) is 14.6 Å². The number of methoxy groups -OCH3 is 1. The Kier molecular flexibility index (Phi) is 7.71. The van der Waals surface area contributed by atoms with Crippen LogP contribution in [0.15, 0.2) is 24.4 Å². The van der Waals surface area contributed by atoms with Crippen LogP contribution in [0.25, 0.3) is 22.2 Å². The van der Waals surface area contributed by atoms with Crippen LogP contribution in [0, 0.1) is 11.7 Å². The maximum Gasteiger partial charge on any atom is 0.238 e. The highest BCUT2D eigenvalue weighted by Crippen LogP contribution is 2.40. The summed E-state index contributed by atoms with van der Waals surface area (Å²) in [5, 5.41) is 12.1. The molecule has 226 valence electrons. The molecule has 6 heterocycles. The Labute approximate surface area is 245 Å². The van der Waals surface area contributed by atoms with Crippen LogP contribution in [0.4, 0.5) is 16.0 Å². The van der Waals surface area contributed by atoms with Crippen LogP contribution in [0.5, 0.6) is 5.88 Å². The van der Waals surface area contributed by atoms with Gasteiger partial charge in [-0.1, -0.05) is 0 Å². The van der Waals surface area contributed by atoms with E-state index in [1.165, 1.54) is 25.4 Å². The molecule has 2 unspecified atom stereocenters. The fourth-order valence-electron chi connectivity index (χ4n) is 6.69. The molecule has 4 aliphatic heterocycles. The SMILES string of the molecule is COc1ncc(-c2nc(N3CCOCC3)nc3c(CC4N5CCC(CC5)CC4(C)O)cc(F)cc23)cc1NS(C)(=O)=O. The molecule has 0 spiro atoms. The predicted octanol–water partition coefficient (Wildman–Crippen LogP) is 2.83. The van der Waals surface area contributed by atoms with Gasteiger partial charge in [-0.15, -0.1) is 0 Å². The van der Waals surface area contributed by atoms with E-state index in [9.17, 15) is 13.5 Å². The smallest absolute Gasteiger partial charge is 0.238 e. The number of hydrogen-bond acceptors (Lipinski definition) is 10. The normalized spacial score (nSPS) is 26.3. The van der Waals surface area contributed by atoms with Gasteiger partial charge in [-0.2, -0.15) is 0 Å². The summed E-state index contributed by atoms with van der Waals surface area (Å²) in [5.41, 5.74) is 1.39. The van der Waals surface area contributed by atoms with Crippen LogP contribution in [0.3, 0.4) is 0 Å². The fourth-order valence-corrected chi connectivity index (χ4v) is 7.24. The third kappa shape index (κ3) is 5.87. The molecule has 0 aliphatic carbocycles. The van der Waals surface area contributed by atoms with Gasteiger partial charge in [0.15, 0.2) is 0 Å². The van der Waals surface area contributed by atoms with Crippen molar-refractivity contribution < 1.29 is 27.4 Å². The van der Waals surface area contributed by atoms with Crippen molar-refractivity contribution in [2.45, 2.75) is 44.2 Å². The summed E-state index contributed by atoms with van der Waals surface area (Å²) in [4.78, 5) is 18.5. The fraction of sp³-hybridized carbons (Fsp3) is 0.552. The molecule has 2 aromatic heterocycles. The van der Waals surface area contributed by atoms with Gasteiger partial charge >= 0.3 is 0 Å². The van der Waals surface area contributed by atoms with E-state index >= 15 is 4.39 Å². The number of halogens is 1. The molecule has 4 fully saturated rings. The molecule has 3 aromatic rings. The molecule has 11 nitrogen and oxygen atoms in total. The first kappa shape index (κ1) is 29.0. The maximum absolute atomic E-state index is 15.4. The molecule has 13 heteroatoms. The standard InChI is InChI=1S/C29H37FN6O5S/c1-29(37)16-18-4-6-35(7-5-18)24(29)14-19-12-21(30)15-22-25(19)32-28(36-8-10-41-11-9-36)33-26(22)20-13-23(34-42(3,38)39)27(40-2)31-17-20/h12-13,15,17-18,24,34,37H,4-11,14,16H2,1-3H3. The van der Waals surface area contributed by atoms with E-state index in [0.717, 1.165) is 32.2 Å². The molecule has 4 saturated heterocycles. The average molecular weight is 601 g/mol. The quantitative estimate of drug-likeness (QED) is 0.418. The van der Waals surface area contributed by atoms with Gasteiger partial charge in [-0.3, -0.25) is 9.62 Å². The van der Waals surface area contributed by atoms with Gasteiger partial charge in [-0.05, 0) is 75.4 Å². The Balaban J connectivity index is 1.52. The predicted molar refractivity (Wildman–Crippen MR) is 158 cm³/mol. The summed E-state index contributed by atoms with van der Waals surface area (Å²) in [5.74, 6) is 0.618. The van der Waals surface area contributed by atoms with Crippen molar-refractivity contribution in [3.63, 3.8) is 0 Å². The molecule has 2 bridgehead atoms. The lowest BCUT2D eigenvalue weighted by Gasteiger charge is -2.38. The van der Waals surface area contributed by atoms with Gasteiger partial charge in [0, 0.05) is 36.3 Å².